The number of hydrogen-bond donors (Lipinski definition) is 2. The number of nitrogens with zero attached hydrogens (tertiary/aromatic N) is 2. The third-order valence-electron chi connectivity index (χ3n) is 4.37. The molecule has 2 N–H and O–H groups in total. The van der Waals surface area contributed by atoms with E-state index in [0.29, 0.717) is 32.0 Å². The molecule has 1 amide bonds. The van der Waals surface area contributed by atoms with E-state index in [1.165, 1.54) is 4.31 Å². The second-order valence-electron chi connectivity index (χ2n) is 6.31. The van der Waals surface area contributed by atoms with Gasteiger partial charge in [0.05, 0.1) is 0 Å². The van der Waals surface area contributed by atoms with Gasteiger partial charge >= 0.3 is 0 Å². The SMILES string of the molecule is O=C(NCCNc1ncccc1S(=O)(=O)N1CCCCC1)C1CC1. The van der Waals surface area contributed by atoms with Crippen LogP contribution in [-0.2, 0) is 14.8 Å². The maximum atomic E-state index is 12.8. The standard InChI is InChI=1S/C16H24N4O3S/c21-16(13-6-7-13)19-10-9-18-15-14(5-4-8-17-15)24(22,23)20-11-2-1-3-12-20/h4-5,8,13H,1-3,6-7,9-12H2,(H,17,18)(H,19,21). The van der Waals surface area contributed by atoms with Gasteiger partial charge in [0.1, 0.15) is 10.7 Å². The maximum absolute atomic E-state index is 12.8. The van der Waals surface area contributed by atoms with Crippen molar-refractivity contribution in [3.8, 4) is 0 Å². The van der Waals surface area contributed by atoms with Crippen molar-refractivity contribution < 1.29 is 13.2 Å². The Labute approximate surface area is 142 Å². The van der Waals surface area contributed by atoms with Gasteiger partial charge in [0.25, 0.3) is 0 Å². The Morgan fingerprint density at radius 1 is 1.21 bits per heavy atom. The molecular weight excluding hydrogens is 328 g/mol. The van der Waals surface area contributed by atoms with Crippen LogP contribution in [0.15, 0.2) is 23.2 Å². The summed E-state index contributed by atoms with van der Waals surface area (Å²) in [4.78, 5) is 16.0. The number of nitrogens with one attached hydrogen (secondary N) is 2. The van der Waals surface area contributed by atoms with E-state index >= 15 is 0 Å². The summed E-state index contributed by atoms with van der Waals surface area (Å²) in [6.07, 6.45) is 6.38. The Balaban J connectivity index is 1.62. The van der Waals surface area contributed by atoms with Crippen molar-refractivity contribution in [3.63, 3.8) is 0 Å². The normalized spacial score (nSPS) is 19.0. The van der Waals surface area contributed by atoms with E-state index in [4.69, 9.17) is 0 Å². The molecule has 1 saturated heterocycles. The summed E-state index contributed by atoms with van der Waals surface area (Å²) in [6, 6.07) is 3.22. The molecule has 0 atom stereocenters. The summed E-state index contributed by atoms with van der Waals surface area (Å²) in [5, 5.41) is 5.89. The molecule has 0 radical (unpaired) electrons. The highest BCUT2D eigenvalue weighted by Crippen LogP contribution is 2.28. The molecule has 1 aliphatic heterocycles. The predicted molar refractivity (Wildman–Crippen MR) is 91.1 cm³/mol. The van der Waals surface area contributed by atoms with Crippen molar-refractivity contribution in [1.29, 1.82) is 0 Å². The number of anilines is 1. The first kappa shape index (κ1) is 17.2. The van der Waals surface area contributed by atoms with Gasteiger partial charge in [-0.05, 0) is 37.8 Å². The van der Waals surface area contributed by atoms with Crippen LogP contribution in [0.5, 0.6) is 0 Å². The molecule has 2 aliphatic rings. The zero-order valence-corrected chi connectivity index (χ0v) is 14.5. The predicted octanol–water partition coefficient (Wildman–Crippen LogP) is 1.19. The summed E-state index contributed by atoms with van der Waals surface area (Å²) in [5.41, 5.74) is 0. The van der Waals surface area contributed by atoms with Gasteiger partial charge in [-0.15, -0.1) is 0 Å². The zero-order chi connectivity index (χ0) is 17.0. The third-order valence-corrected chi connectivity index (χ3v) is 6.30. The fourth-order valence-electron chi connectivity index (χ4n) is 2.83. The lowest BCUT2D eigenvalue weighted by Crippen LogP contribution is -2.36. The molecule has 2 heterocycles. The summed E-state index contributed by atoms with van der Waals surface area (Å²) < 4.78 is 27.2. The Bertz CT molecular complexity index is 682. The number of carbonyl (C=O) groups excluding carboxylic acids is 1. The summed E-state index contributed by atoms with van der Waals surface area (Å²) in [7, 11) is -3.53. The molecule has 2 fully saturated rings. The molecule has 132 valence electrons. The van der Waals surface area contributed by atoms with Crippen molar-refractivity contribution in [1.82, 2.24) is 14.6 Å². The van der Waals surface area contributed by atoms with E-state index in [-0.39, 0.29) is 16.7 Å². The van der Waals surface area contributed by atoms with Gasteiger partial charge in [0.2, 0.25) is 15.9 Å². The molecule has 0 aromatic carbocycles. The number of hydrogen-bond acceptors (Lipinski definition) is 5. The Morgan fingerprint density at radius 2 is 1.96 bits per heavy atom. The van der Waals surface area contributed by atoms with Crippen LogP contribution in [0.2, 0.25) is 0 Å². The number of rotatable bonds is 7. The second kappa shape index (κ2) is 7.48. The van der Waals surface area contributed by atoms with Crippen LogP contribution < -0.4 is 10.6 Å². The molecule has 0 bridgehead atoms. The van der Waals surface area contributed by atoms with Crippen molar-refractivity contribution in [3.05, 3.63) is 18.3 Å². The molecule has 0 spiro atoms. The van der Waals surface area contributed by atoms with Crippen LogP contribution in [0.4, 0.5) is 5.82 Å². The highest BCUT2D eigenvalue weighted by molar-refractivity contribution is 7.89. The monoisotopic (exact) mass is 352 g/mol. The molecule has 1 aromatic rings. The van der Waals surface area contributed by atoms with E-state index in [0.717, 1.165) is 32.1 Å². The van der Waals surface area contributed by atoms with E-state index < -0.39 is 10.0 Å². The van der Waals surface area contributed by atoms with Gasteiger partial charge in [-0.2, -0.15) is 4.31 Å². The maximum Gasteiger partial charge on any atom is 0.246 e. The Morgan fingerprint density at radius 3 is 2.67 bits per heavy atom. The van der Waals surface area contributed by atoms with Gasteiger partial charge in [-0.3, -0.25) is 4.79 Å². The van der Waals surface area contributed by atoms with Gasteiger partial charge in [0.15, 0.2) is 0 Å². The van der Waals surface area contributed by atoms with Gasteiger partial charge in [-0.25, -0.2) is 13.4 Å². The van der Waals surface area contributed by atoms with Crippen molar-refractivity contribution in [2.24, 2.45) is 5.92 Å². The minimum atomic E-state index is -3.53. The first-order valence-electron chi connectivity index (χ1n) is 8.56. The summed E-state index contributed by atoms with van der Waals surface area (Å²) in [5.74, 6) is 0.609. The van der Waals surface area contributed by atoms with E-state index in [9.17, 15) is 13.2 Å². The highest BCUT2D eigenvalue weighted by atomic mass is 32.2. The second-order valence-corrected chi connectivity index (χ2v) is 8.21. The van der Waals surface area contributed by atoms with Crippen LogP contribution in [0.3, 0.4) is 0 Å². The zero-order valence-electron chi connectivity index (χ0n) is 13.7. The van der Waals surface area contributed by atoms with Crippen LogP contribution in [0, 0.1) is 5.92 Å². The fraction of sp³-hybridized carbons (Fsp3) is 0.625. The van der Waals surface area contributed by atoms with Crippen molar-refractivity contribution in [2.75, 3.05) is 31.5 Å². The van der Waals surface area contributed by atoms with Gasteiger partial charge in [-0.1, -0.05) is 6.42 Å². The van der Waals surface area contributed by atoms with Gasteiger partial charge in [0, 0.05) is 38.3 Å². The summed E-state index contributed by atoms with van der Waals surface area (Å²) in [6.45, 7) is 2.02. The number of amides is 1. The third kappa shape index (κ3) is 4.05. The number of sulfonamides is 1. The van der Waals surface area contributed by atoms with Gasteiger partial charge < -0.3 is 10.6 Å². The largest absolute Gasteiger partial charge is 0.367 e. The van der Waals surface area contributed by atoms with E-state index in [2.05, 4.69) is 15.6 Å². The van der Waals surface area contributed by atoms with Crippen LogP contribution in [-0.4, -0.2) is 49.8 Å². The fourth-order valence-corrected chi connectivity index (χ4v) is 4.47. The van der Waals surface area contributed by atoms with Crippen LogP contribution >= 0.6 is 0 Å². The van der Waals surface area contributed by atoms with Crippen LogP contribution in [0.1, 0.15) is 32.1 Å². The number of piperidine rings is 1. The molecule has 8 heteroatoms. The lowest BCUT2D eigenvalue weighted by atomic mass is 10.2. The minimum Gasteiger partial charge on any atom is -0.367 e. The first-order chi connectivity index (χ1) is 11.6. The number of pyridine rings is 1. The van der Waals surface area contributed by atoms with Crippen molar-refractivity contribution in [2.45, 2.75) is 37.0 Å². The average Bonchev–Trinajstić information content (AvgIpc) is 3.45. The van der Waals surface area contributed by atoms with Crippen LogP contribution in [0.25, 0.3) is 0 Å². The lowest BCUT2D eigenvalue weighted by Gasteiger charge is -2.26. The molecule has 0 unspecified atom stereocenters. The topological polar surface area (TPSA) is 91.4 Å². The highest BCUT2D eigenvalue weighted by Gasteiger charge is 2.30. The Hall–Kier alpha value is -1.67. The quantitative estimate of drug-likeness (QED) is 0.720. The minimum absolute atomic E-state index is 0.0824. The molecular formula is C16H24N4O3S. The molecule has 1 aromatic heterocycles. The average molecular weight is 352 g/mol. The molecule has 3 rings (SSSR count). The summed E-state index contributed by atoms with van der Waals surface area (Å²) >= 11 is 0. The number of aromatic nitrogens is 1. The van der Waals surface area contributed by atoms with E-state index in [1.54, 1.807) is 18.3 Å². The van der Waals surface area contributed by atoms with E-state index in [1.807, 2.05) is 0 Å². The molecule has 24 heavy (non-hydrogen) atoms. The first-order valence-corrected chi connectivity index (χ1v) is 10.00. The smallest absolute Gasteiger partial charge is 0.246 e. The Kier molecular flexibility index (Phi) is 5.35. The number of carbonyl (C=O) groups is 1. The molecule has 1 saturated carbocycles. The molecule has 7 nitrogen and oxygen atoms in total. The lowest BCUT2D eigenvalue weighted by molar-refractivity contribution is -0.122. The molecule has 1 aliphatic carbocycles. The van der Waals surface area contributed by atoms with Crippen molar-refractivity contribution >= 4 is 21.7 Å².